The molecule has 0 bridgehead atoms. The second-order valence-corrected chi connectivity index (χ2v) is 6.61. The van der Waals surface area contributed by atoms with Crippen LogP contribution in [0.5, 0.6) is 0 Å². The maximum Gasteiger partial charge on any atom is 0.115 e. The molecule has 1 aromatic heterocycles. The lowest BCUT2D eigenvalue weighted by atomic mass is 10.2. The Labute approximate surface area is 128 Å². The van der Waals surface area contributed by atoms with Crippen LogP contribution in [0.25, 0.3) is 0 Å². The van der Waals surface area contributed by atoms with Gasteiger partial charge in [0.1, 0.15) is 11.1 Å². The zero-order valence-corrected chi connectivity index (χ0v) is 13.4. The monoisotopic (exact) mass is 303 g/mol. The van der Waals surface area contributed by atoms with Crippen molar-refractivity contribution in [2.75, 3.05) is 11.1 Å². The molecule has 1 atom stereocenters. The molecule has 0 saturated heterocycles. The zero-order valence-electron chi connectivity index (χ0n) is 11.8. The molecule has 3 nitrogen and oxygen atoms in total. The molecule has 5 heteroatoms. The van der Waals surface area contributed by atoms with Crippen LogP contribution in [0.1, 0.15) is 36.2 Å². The smallest absolute Gasteiger partial charge is 0.115 e. The molecule has 0 fully saturated rings. The van der Waals surface area contributed by atoms with E-state index in [4.69, 9.17) is 0 Å². The van der Waals surface area contributed by atoms with E-state index < -0.39 is 0 Å². The number of hydrogen-bond acceptors (Lipinski definition) is 5. The normalized spacial score (nSPS) is 11.9. The van der Waals surface area contributed by atoms with E-state index in [1.807, 2.05) is 30.5 Å². The third kappa shape index (κ3) is 3.33. The fourth-order valence-electron chi connectivity index (χ4n) is 1.91. The van der Waals surface area contributed by atoms with Crippen LogP contribution in [0, 0.1) is 18.3 Å². The SMILES string of the molecule is CCSc1cccc(NC(C)c2nc(C)cs2)c1C#N. The van der Waals surface area contributed by atoms with Crippen molar-refractivity contribution in [3.05, 3.63) is 39.8 Å². The van der Waals surface area contributed by atoms with Gasteiger partial charge in [0.2, 0.25) is 0 Å². The van der Waals surface area contributed by atoms with E-state index >= 15 is 0 Å². The van der Waals surface area contributed by atoms with Crippen molar-refractivity contribution >= 4 is 28.8 Å². The van der Waals surface area contributed by atoms with Gasteiger partial charge in [-0.15, -0.1) is 23.1 Å². The summed E-state index contributed by atoms with van der Waals surface area (Å²) in [6, 6.07) is 8.35. The third-order valence-electron chi connectivity index (χ3n) is 2.82. The Morgan fingerprint density at radius 3 is 2.90 bits per heavy atom. The van der Waals surface area contributed by atoms with Crippen LogP contribution in [0.15, 0.2) is 28.5 Å². The number of thioether (sulfide) groups is 1. The molecule has 0 aliphatic rings. The quantitative estimate of drug-likeness (QED) is 0.820. The molecule has 0 saturated carbocycles. The summed E-state index contributed by atoms with van der Waals surface area (Å²) in [5.74, 6) is 0.958. The Balaban J connectivity index is 2.25. The summed E-state index contributed by atoms with van der Waals surface area (Å²) in [6.45, 7) is 6.15. The first-order chi connectivity index (χ1) is 9.65. The molecule has 0 radical (unpaired) electrons. The summed E-state index contributed by atoms with van der Waals surface area (Å²) >= 11 is 3.34. The Kier molecular flexibility index (Phi) is 5.05. The average molecular weight is 303 g/mol. The topological polar surface area (TPSA) is 48.7 Å². The zero-order chi connectivity index (χ0) is 14.5. The highest BCUT2D eigenvalue weighted by Crippen LogP contribution is 2.30. The number of rotatable bonds is 5. The highest BCUT2D eigenvalue weighted by Gasteiger charge is 2.13. The number of benzene rings is 1. The molecule has 0 aliphatic carbocycles. The van der Waals surface area contributed by atoms with Crippen molar-refractivity contribution in [3.8, 4) is 6.07 Å². The van der Waals surface area contributed by atoms with Crippen LogP contribution in [-0.4, -0.2) is 10.7 Å². The fourth-order valence-corrected chi connectivity index (χ4v) is 3.50. The largest absolute Gasteiger partial charge is 0.375 e. The molecule has 20 heavy (non-hydrogen) atoms. The van der Waals surface area contributed by atoms with Gasteiger partial charge in [-0.1, -0.05) is 13.0 Å². The molecule has 0 aliphatic heterocycles. The minimum atomic E-state index is 0.0997. The first kappa shape index (κ1) is 14.9. The molecule has 1 N–H and O–H groups in total. The molecule has 2 rings (SSSR count). The van der Waals surface area contributed by atoms with E-state index in [0.29, 0.717) is 0 Å². The Bertz CT molecular complexity index is 628. The lowest BCUT2D eigenvalue weighted by Gasteiger charge is -2.15. The van der Waals surface area contributed by atoms with Gasteiger partial charge in [-0.25, -0.2) is 4.98 Å². The summed E-state index contributed by atoms with van der Waals surface area (Å²) in [6.07, 6.45) is 0. The van der Waals surface area contributed by atoms with E-state index in [0.717, 1.165) is 32.6 Å². The van der Waals surface area contributed by atoms with Gasteiger partial charge in [-0.2, -0.15) is 5.26 Å². The highest BCUT2D eigenvalue weighted by molar-refractivity contribution is 7.99. The number of nitrogens with one attached hydrogen (secondary N) is 1. The second-order valence-electron chi connectivity index (χ2n) is 4.42. The van der Waals surface area contributed by atoms with Crippen molar-refractivity contribution in [2.24, 2.45) is 0 Å². The van der Waals surface area contributed by atoms with Gasteiger partial charge < -0.3 is 5.32 Å². The maximum atomic E-state index is 9.40. The average Bonchev–Trinajstić information content (AvgIpc) is 2.86. The summed E-state index contributed by atoms with van der Waals surface area (Å²) in [5, 5.41) is 15.9. The summed E-state index contributed by atoms with van der Waals surface area (Å²) in [5.41, 5.74) is 2.64. The maximum absolute atomic E-state index is 9.40. The van der Waals surface area contributed by atoms with Crippen LogP contribution >= 0.6 is 23.1 Å². The number of aryl methyl sites for hydroxylation is 1. The van der Waals surface area contributed by atoms with Gasteiger partial charge in [0.15, 0.2) is 0 Å². The predicted molar refractivity (Wildman–Crippen MR) is 86.4 cm³/mol. The van der Waals surface area contributed by atoms with Gasteiger partial charge >= 0.3 is 0 Å². The first-order valence-corrected chi connectivity index (χ1v) is 8.36. The Hall–Kier alpha value is -1.51. The van der Waals surface area contributed by atoms with Crippen LogP contribution in [0.4, 0.5) is 5.69 Å². The first-order valence-electron chi connectivity index (χ1n) is 6.50. The van der Waals surface area contributed by atoms with Gasteiger partial charge in [0, 0.05) is 16.0 Å². The van der Waals surface area contributed by atoms with Crippen molar-refractivity contribution < 1.29 is 0 Å². The Morgan fingerprint density at radius 1 is 1.50 bits per heavy atom. The van der Waals surface area contributed by atoms with Crippen LogP contribution in [0.3, 0.4) is 0 Å². The molecular formula is C15H17N3S2. The highest BCUT2D eigenvalue weighted by atomic mass is 32.2. The number of aromatic nitrogens is 1. The fraction of sp³-hybridized carbons (Fsp3) is 0.333. The molecule has 0 spiro atoms. The molecule has 1 heterocycles. The van der Waals surface area contributed by atoms with Crippen molar-refractivity contribution in [1.82, 2.24) is 4.98 Å². The van der Waals surface area contributed by atoms with E-state index in [1.54, 1.807) is 23.1 Å². The molecular weight excluding hydrogens is 286 g/mol. The number of hydrogen-bond donors (Lipinski definition) is 1. The van der Waals surface area contributed by atoms with E-state index in [1.165, 1.54) is 0 Å². The molecule has 104 valence electrons. The molecule has 0 amide bonds. The van der Waals surface area contributed by atoms with E-state index in [9.17, 15) is 5.26 Å². The van der Waals surface area contributed by atoms with Crippen molar-refractivity contribution in [2.45, 2.75) is 31.7 Å². The minimum absolute atomic E-state index is 0.0997. The van der Waals surface area contributed by atoms with Crippen molar-refractivity contribution in [1.29, 1.82) is 5.26 Å². The standard InChI is InChI=1S/C15H17N3S2/c1-4-19-14-7-5-6-13(12(14)8-16)18-11(3)15-17-10(2)9-20-15/h5-7,9,11,18H,4H2,1-3H3. The Morgan fingerprint density at radius 2 is 2.30 bits per heavy atom. The summed E-state index contributed by atoms with van der Waals surface area (Å²) in [7, 11) is 0. The van der Waals surface area contributed by atoms with E-state index in [2.05, 4.69) is 30.2 Å². The molecule has 1 unspecified atom stereocenters. The summed E-state index contributed by atoms with van der Waals surface area (Å²) in [4.78, 5) is 5.52. The predicted octanol–water partition coefficient (Wildman–Crippen LogP) is 4.61. The van der Waals surface area contributed by atoms with Gasteiger partial charge in [0.05, 0.1) is 17.3 Å². The lowest BCUT2D eigenvalue weighted by Crippen LogP contribution is -2.08. The van der Waals surface area contributed by atoms with Crippen LogP contribution in [-0.2, 0) is 0 Å². The number of anilines is 1. The third-order valence-corrected chi connectivity index (χ3v) is 4.90. The minimum Gasteiger partial charge on any atom is -0.375 e. The van der Waals surface area contributed by atoms with Crippen LogP contribution in [0.2, 0.25) is 0 Å². The lowest BCUT2D eigenvalue weighted by molar-refractivity contribution is 0.862. The molecule has 1 aromatic carbocycles. The summed E-state index contributed by atoms with van der Waals surface area (Å²) < 4.78 is 0. The second kappa shape index (κ2) is 6.78. The number of nitrogens with zero attached hydrogens (tertiary/aromatic N) is 2. The molecule has 2 aromatic rings. The van der Waals surface area contributed by atoms with Gasteiger partial charge in [-0.05, 0) is 31.7 Å². The van der Waals surface area contributed by atoms with Gasteiger partial charge in [-0.3, -0.25) is 0 Å². The number of thiazole rings is 1. The number of nitriles is 1. The van der Waals surface area contributed by atoms with Crippen molar-refractivity contribution in [3.63, 3.8) is 0 Å². The van der Waals surface area contributed by atoms with E-state index in [-0.39, 0.29) is 6.04 Å². The van der Waals surface area contributed by atoms with Gasteiger partial charge in [0.25, 0.3) is 0 Å². The van der Waals surface area contributed by atoms with Crippen LogP contribution < -0.4 is 5.32 Å².